The SMILES string of the molecule is CCOc1cc(/C=C2\C(=O)NC(=S)N(c3cccc(Cl)c3Cl)C2=O)ccc1OCc1ccc(Br)cc1. The van der Waals surface area contributed by atoms with Gasteiger partial charge in [-0.25, -0.2) is 0 Å². The Bertz CT molecular complexity index is 1380. The minimum Gasteiger partial charge on any atom is -0.490 e. The van der Waals surface area contributed by atoms with Crippen molar-refractivity contribution in [3.05, 3.63) is 91.9 Å². The lowest BCUT2D eigenvalue weighted by Crippen LogP contribution is -2.54. The van der Waals surface area contributed by atoms with Gasteiger partial charge in [-0.05, 0) is 72.7 Å². The first kappa shape index (κ1) is 26.2. The average molecular weight is 606 g/mol. The summed E-state index contributed by atoms with van der Waals surface area (Å²) in [6.07, 6.45) is 1.46. The minimum absolute atomic E-state index is 0.0852. The molecule has 0 aliphatic carbocycles. The quantitative estimate of drug-likeness (QED) is 0.188. The fourth-order valence-electron chi connectivity index (χ4n) is 3.45. The third kappa shape index (κ3) is 5.73. The summed E-state index contributed by atoms with van der Waals surface area (Å²) in [6, 6.07) is 17.8. The third-order valence-corrected chi connectivity index (χ3v) is 6.78. The lowest BCUT2D eigenvalue weighted by atomic mass is 10.1. The predicted molar refractivity (Wildman–Crippen MR) is 149 cm³/mol. The molecule has 10 heteroatoms. The molecule has 0 spiro atoms. The van der Waals surface area contributed by atoms with E-state index < -0.39 is 11.8 Å². The number of carbonyl (C=O) groups excluding carboxylic acids is 2. The van der Waals surface area contributed by atoms with E-state index in [2.05, 4.69) is 21.2 Å². The molecule has 1 saturated heterocycles. The van der Waals surface area contributed by atoms with Crippen molar-refractivity contribution >= 4 is 80.0 Å². The number of anilines is 1. The average Bonchev–Trinajstić information content (AvgIpc) is 2.85. The van der Waals surface area contributed by atoms with Crippen LogP contribution in [0.5, 0.6) is 11.5 Å². The Morgan fingerprint density at radius 1 is 1.03 bits per heavy atom. The fraction of sp³-hybridized carbons (Fsp3) is 0.115. The van der Waals surface area contributed by atoms with Crippen LogP contribution in [0.15, 0.2) is 70.7 Å². The van der Waals surface area contributed by atoms with Gasteiger partial charge in [0.25, 0.3) is 11.8 Å². The number of hydrogen-bond acceptors (Lipinski definition) is 5. The zero-order valence-corrected chi connectivity index (χ0v) is 22.8. The van der Waals surface area contributed by atoms with Gasteiger partial charge in [0.15, 0.2) is 16.6 Å². The zero-order chi connectivity index (χ0) is 25.8. The maximum absolute atomic E-state index is 13.3. The van der Waals surface area contributed by atoms with E-state index in [9.17, 15) is 9.59 Å². The molecule has 3 aromatic carbocycles. The summed E-state index contributed by atoms with van der Waals surface area (Å²) in [6.45, 7) is 2.61. The fourth-order valence-corrected chi connectivity index (χ4v) is 4.37. The van der Waals surface area contributed by atoms with Crippen molar-refractivity contribution in [2.45, 2.75) is 13.5 Å². The summed E-state index contributed by atoms with van der Waals surface area (Å²) in [5, 5.41) is 2.86. The smallest absolute Gasteiger partial charge is 0.270 e. The number of rotatable bonds is 7. The summed E-state index contributed by atoms with van der Waals surface area (Å²) >= 11 is 21.1. The molecule has 1 aliphatic rings. The number of nitrogens with zero attached hydrogens (tertiary/aromatic N) is 1. The molecule has 0 aromatic heterocycles. The molecule has 0 bridgehead atoms. The van der Waals surface area contributed by atoms with Crippen molar-refractivity contribution < 1.29 is 19.1 Å². The molecule has 0 saturated carbocycles. The second-order valence-electron chi connectivity index (χ2n) is 7.59. The van der Waals surface area contributed by atoms with Gasteiger partial charge in [0.1, 0.15) is 12.2 Å². The van der Waals surface area contributed by atoms with Crippen molar-refractivity contribution in [1.82, 2.24) is 5.32 Å². The zero-order valence-electron chi connectivity index (χ0n) is 18.9. The highest BCUT2D eigenvalue weighted by atomic mass is 79.9. The number of benzene rings is 3. The van der Waals surface area contributed by atoms with Crippen LogP contribution >= 0.6 is 51.3 Å². The maximum Gasteiger partial charge on any atom is 0.270 e. The Kier molecular flexibility index (Phi) is 8.31. The number of carbonyl (C=O) groups is 2. The minimum atomic E-state index is -0.624. The van der Waals surface area contributed by atoms with E-state index in [0.29, 0.717) is 30.3 Å². The van der Waals surface area contributed by atoms with E-state index in [1.54, 1.807) is 36.4 Å². The second-order valence-corrected chi connectivity index (χ2v) is 9.67. The number of nitrogens with one attached hydrogen (secondary N) is 1. The molecule has 1 heterocycles. The van der Waals surface area contributed by atoms with Gasteiger partial charge in [-0.15, -0.1) is 0 Å². The van der Waals surface area contributed by atoms with E-state index in [1.807, 2.05) is 31.2 Å². The molecule has 4 rings (SSSR count). The molecular formula is C26H19BrCl2N2O4S. The third-order valence-electron chi connectivity index (χ3n) is 5.16. The molecule has 0 atom stereocenters. The van der Waals surface area contributed by atoms with E-state index in [1.165, 1.54) is 6.08 Å². The van der Waals surface area contributed by atoms with Gasteiger partial charge in [-0.2, -0.15) is 0 Å². The van der Waals surface area contributed by atoms with Crippen LogP contribution in [0, 0.1) is 0 Å². The molecule has 3 aromatic rings. The Hall–Kier alpha value is -2.91. The van der Waals surface area contributed by atoms with Crippen LogP contribution < -0.4 is 19.7 Å². The summed E-state index contributed by atoms with van der Waals surface area (Å²) in [5.74, 6) is -0.220. The van der Waals surface area contributed by atoms with Crippen molar-refractivity contribution in [2.24, 2.45) is 0 Å². The van der Waals surface area contributed by atoms with Crippen molar-refractivity contribution in [1.29, 1.82) is 0 Å². The summed E-state index contributed by atoms with van der Waals surface area (Å²) < 4.78 is 12.7. The highest BCUT2D eigenvalue weighted by Gasteiger charge is 2.35. The first-order valence-corrected chi connectivity index (χ1v) is 12.7. The number of halogens is 3. The summed E-state index contributed by atoms with van der Waals surface area (Å²) in [7, 11) is 0. The van der Waals surface area contributed by atoms with Gasteiger partial charge in [0, 0.05) is 4.47 Å². The molecular weight excluding hydrogens is 587 g/mol. The van der Waals surface area contributed by atoms with Gasteiger partial charge in [0.2, 0.25) is 0 Å². The number of thiocarbonyl (C=S) groups is 1. The van der Waals surface area contributed by atoms with E-state index >= 15 is 0 Å². The molecule has 2 amide bonds. The number of ether oxygens (including phenoxy) is 2. The van der Waals surface area contributed by atoms with Gasteiger partial charge in [0.05, 0.1) is 22.3 Å². The van der Waals surface area contributed by atoms with Gasteiger partial charge < -0.3 is 9.47 Å². The van der Waals surface area contributed by atoms with E-state index in [4.69, 9.17) is 44.9 Å². The molecule has 0 unspecified atom stereocenters. The first-order chi connectivity index (χ1) is 17.3. The first-order valence-electron chi connectivity index (χ1n) is 10.8. The Morgan fingerprint density at radius 2 is 1.78 bits per heavy atom. The molecule has 184 valence electrons. The van der Waals surface area contributed by atoms with Crippen LogP contribution in [0.1, 0.15) is 18.1 Å². The van der Waals surface area contributed by atoms with Crippen LogP contribution in [0.4, 0.5) is 5.69 Å². The topological polar surface area (TPSA) is 67.9 Å². The van der Waals surface area contributed by atoms with Crippen LogP contribution in [0.3, 0.4) is 0 Å². The van der Waals surface area contributed by atoms with Crippen LogP contribution in [-0.2, 0) is 16.2 Å². The molecule has 36 heavy (non-hydrogen) atoms. The largest absolute Gasteiger partial charge is 0.490 e. The predicted octanol–water partition coefficient (Wildman–Crippen LogP) is 6.56. The van der Waals surface area contributed by atoms with Gasteiger partial charge in [-0.1, -0.05) is 63.4 Å². The van der Waals surface area contributed by atoms with Crippen LogP contribution in [-0.4, -0.2) is 23.5 Å². The van der Waals surface area contributed by atoms with E-state index in [-0.39, 0.29) is 26.4 Å². The second kappa shape index (κ2) is 11.4. The molecule has 0 radical (unpaired) electrons. The Balaban J connectivity index is 1.63. The van der Waals surface area contributed by atoms with Crippen molar-refractivity contribution in [3.8, 4) is 11.5 Å². The monoisotopic (exact) mass is 604 g/mol. The Labute approximate surface area is 231 Å². The number of amides is 2. The lowest BCUT2D eigenvalue weighted by molar-refractivity contribution is -0.122. The standard InChI is InChI=1S/C26H19BrCl2N2O4S/c1-2-34-22-13-16(8-11-21(22)35-14-15-6-9-17(27)10-7-15)12-18-24(32)30-26(36)31(25(18)33)20-5-3-4-19(28)23(20)29/h3-13H,2,14H2,1H3,(H,30,32,36)/b18-12+. The van der Waals surface area contributed by atoms with Crippen LogP contribution in [0.25, 0.3) is 6.08 Å². The normalized spacial score (nSPS) is 14.7. The van der Waals surface area contributed by atoms with Crippen molar-refractivity contribution in [2.75, 3.05) is 11.5 Å². The summed E-state index contributed by atoms with van der Waals surface area (Å²) in [5.41, 5.74) is 1.72. The highest BCUT2D eigenvalue weighted by molar-refractivity contribution is 9.10. The molecule has 1 N–H and O–H groups in total. The molecule has 1 fully saturated rings. The van der Waals surface area contributed by atoms with Crippen LogP contribution in [0.2, 0.25) is 10.0 Å². The molecule has 1 aliphatic heterocycles. The lowest BCUT2D eigenvalue weighted by Gasteiger charge is -2.29. The van der Waals surface area contributed by atoms with Gasteiger partial charge in [-0.3, -0.25) is 19.8 Å². The number of hydrogen-bond donors (Lipinski definition) is 1. The molecule has 6 nitrogen and oxygen atoms in total. The summed E-state index contributed by atoms with van der Waals surface area (Å²) in [4.78, 5) is 27.1. The van der Waals surface area contributed by atoms with E-state index in [0.717, 1.165) is 14.9 Å². The van der Waals surface area contributed by atoms with Gasteiger partial charge >= 0.3 is 0 Å². The van der Waals surface area contributed by atoms with Crippen molar-refractivity contribution in [3.63, 3.8) is 0 Å². The highest BCUT2D eigenvalue weighted by Crippen LogP contribution is 2.35. The maximum atomic E-state index is 13.3. The Morgan fingerprint density at radius 3 is 2.50 bits per heavy atom.